The van der Waals surface area contributed by atoms with Crippen molar-refractivity contribution in [1.82, 2.24) is 0 Å². The molecule has 90 valence electrons. The van der Waals surface area contributed by atoms with Gasteiger partial charge in [0.2, 0.25) is 0 Å². The molecule has 0 amide bonds. The van der Waals surface area contributed by atoms with Crippen molar-refractivity contribution in [2.45, 2.75) is 32.7 Å². The number of nitrogens with one attached hydrogen (secondary N) is 1. The average Bonchev–Trinajstić information content (AvgIpc) is 2.13. The summed E-state index contributed by atoms with van der Waals surface area (Å²) in [6.45, 7) is 5.86. The number of halogens is 3. The lowest BCUT2D eigenvalue weighted by Gasteiger charge is -2.13. The summed E-state index contributed by atoms with van der Waals surface area (Å²) in [6, 6.07) is 3.48. The third kappa shape index (κ3) is 3.63. The van der Waals surface area contributed by atoms with Gasteiger partial charge in [-0.25, -0.2) is 0 Å². The van der Waals surface area contributed by atoms with Gasteiger partial charge in [-0.1, -0.05) is 6.92 Å². The number of rotatable bonds is 3. The van der Waals surface area contributed by atoms with E-state index >= 15 is 0 Å². The van der Waals surface area contributed by atoms with Crippen molar-refractivity contribution in [3.63, 3.8) is 0 Å². The fourth-order valence-electron chi connectivity index (χ4n) is 1.73. The first-order valence-corrected chi connectivity index (χ1v) is 5.76. The monoisotopic (exact) mass is 249 g/mol. The molecule has 5 heteroatoms. The molecule has 0 fully saturated rings. The van der Waals surface area contributed by atoms with Gasteiger partial charge in [-0.3, -0.25) is 0 Å². The van der Waals surface area contributed by atoms with Crippen LogP contribution in [0.25, 0.3) is 0 Å². The topological polar surface area (TPSA) is 12.0 Å². The lowest BCUT2D eigenvalue weighted by Crippen LogP contribution is -2.05. The summed E-state index contributed by atoms with van der Waals surface area (Å²) in [4.78, 5) is 0. The summed E-state index contributed by atoms with van der Waals surface area (Å²) in [5.74, 6) is 0. The summed E-state index contributed by atoms with van der Waals surface area (Å²) in [5.41, 5.74) is -0.525. The van der Waals surface area contributed by atoms with Gasteiger partial charge in [-0.2, -0.15) is 13.2 Å². The Morgan fingerprint density at radius 1 is 1.19 bits per heavy atom. The molecule has 1 aromatic carbocycles. The second-order valence-corrected chi connectivity index (χ2v) is 4.46. The van der Waals surface area contributed by atoms with Crippen LogP contribution in [0.3, 0.4) is 0 Å². The normalized spacial score (nSPS) is 11.6. The van der Waals surface area contributed by atoms with Crippen LogP contribution in [0.5, 0.6) is 0 Å². The number of hydrogen-bond acceptors (Lipinski definition) is 2. The molecule has 1 aromatic rings. The average molecular weight is 249 g/mol. The molecule has 1 rings (SSSR count). The molecular weight excluding hydrogens is 235 g/mol. The molecule has 0 saturated carbocycles. The molecule has 0 heterocycles. The largest absolute Gasteiger partial charge is 0.461 e. The van der Waals surface area contributed by atoms with Crippen molar-refractivity contribution in [2.24, 2.45) is 0 Å². The van der Waals surface area contributed by atoms with Gasteiger partial charge in [-0.05, 0) is 49.1 Å². The molecule has 1 nitrogen and oxygen atoms in total. The molecule has 1 N–H and O–H groups in total. The lowest BCUT2D eigenvalue weighted by molar-refractivity contribution is -0.0323. The molecule has 16 heavy (non-hydrogen) atoms. The summed E-state index contributed by atoms with van der Waals surface area (Å²) >= 11 is -0.232. The van der Waals surface area contributed by atoms with Crippen molar-refractivity contribution in [3.05, 3.63) is 28.8 Å². The molecule has 0 aliphatic rings. The highest BCUT2D eigenvalue weighted by molar-refractivity contribution is 8.01. The van der Waals surface area contributed by atoms with E-state index in [9.17, 15) is 13.2 Å². The van der Waals surface area contributed by atoms with E-state index < -0.39 is 5.51 Å². The van der Waals surface area contributed by atoms with Crippen LogP contribution < -0.4 is 4.72 Å². The molecule has 0 bridgehead atoms. The van der Waals surface area contributed by atoms with Crippen molar-refractivity contribution in [1.29, 1.82) is 0 Å². The van der Waals surface area contributed by atoms with Crippen molar-refractivity contribution in [2.75, 3.05) is 4.72 Å². The van der Waals surface area contributed by atoms with E-state index in [-0.39, 0.29) is 11.9 Å². The summed E-state index contributed by atoms with van der Waals surface area (Å²) < 4.78 is 38.3. The number of alkyl halides is 3. The minimum atomic E-state index is -4.26. The van der Waals surface area contributed by atoms with Crippen LogP contribution in [0.1, 0.15) is 23.6 Å². The Labute approximate surface area is 97.6 Å². The molecule has 0 radical (unpaired) electrons. The highest BCUT2D eigenvalue weighted by Gasteiger charge is 2.28. The van der Waals surface area contributed by atoms with Gasteiger partial charge in [0.25, 0.3) is 0 Å². The van der Waals surface area contributed by atoms with Crippen LogP contribution >= 0.6 is 11.9 Å². The second kappa shape index (κ2) is 4.99. The lowest BCUT2D eigenvalue weighted by atomic mass is 10.00. The van der Waals surface area contributed by atoms with Crippen LogP contribution in [-0.2, 0) is 6.42 Å². The molecule has 0 atom stereocenters. The van der Waals surface area contributed by atoms with Gasteiger partial charge in [0, 0.05) is 5.69 Å². The number of hydrogen-bond donors (Lipinski definition) is 1. The third-order valence-electron chi connectivity index (χ3n) is 2.33. The van der Waals surface area contributed by atoms with E-state index in [1.165, 1.54) is 5.56 Å². The highest BCUT2D eigenvalue weighted by atomic mass is 32.2. The Morgan fingerprint density at radius 2 is 1.69 bits per heavy atom. The van der Waals surface area contributed by atoms with Crippen LogP contribution in [0.2, 0.25) is 0 Å². The fourth-order valence-corrected chi connectivity index (χ4v) is 2.08. The zero-order valence-electron chi connectivity index (χ0n) is 9.40. The summed E-state index contributed by atoms with van der Waals surface area (Å²) in [6.07, 6.45) is 0.893. The van der Waals surface area contributed by atoms with E-state index in [4.69, 9.17) is 0 Å². The maximum Gasteiger partial charge on any atom is 0.461 e. The molecule has 0 aliphatic heterocycles. The van der Waals surface area contributed by atoms with E-state index in [0.29, 0.717) is 5.69 Å². The van der Waals surface area contributed by atoms with Gasteiger partial charge < -0.3 is 4.72 Å². The van der Waals surface area contributed by atoms with Crippen molar-refractivity contribution >= 4 is 17.6 Å². The molecule has 0 aromatic heterocycles. The maximum absolute atomic E-state index is 12.0. The van der Waals surface area contributed by atoms with Gasteiger partial charge in [-0.15, -0.1) is 0 Å². The van der Waals surface area contributed by atoms with E-state index in [0.717, 1.165) is 17.5 Å². The minimum Gasteiger partial charge on any atom is -0.323 e. The Hall–Kier alpha value is -0.840. The Bertz CT molecular complexity index is 351. The molecule has 0 aliphatic carbocycles. The Kier molecular flexibility index (Phi) is 4.13. The molecule has 0 unspecified atom stereocenters. The molecule has 0 spiro atoms. The van der Waals surface area contributed by atoms with Crippen LogP contribution in [0.15, 0.2) is 12.1 Å². The summed E-state index contributed by atoms with van der Waals surface area (Å²) in [5, 5.41) is 0. The third-order valence-corrected chi connectivity index (χ3v) is 2.90. The zero-order chi connectivity index (χ0) is 12.3. The second-order valence-electron chi connectivity index (χ2n) is 3.59. The summed E-state index contributed by atoms with van der Waals surface area (Å²) in [7, 11) is 0. The van der Waals surface area contributed by atoms with Gasteiger partial charge in [0.05, 0.1) is 11.9 Å². The number of anilines is 1. The zero-order valence-corrected chi connectivity index (χ0v) is 10.2. The Morgan fingerprint density at radius 3 is 2.06 bits per heavy atom. The van der Waals surface area contributed by atoms with Gasteiger partial charge >= 0.3 is 5.51 Å². The Balaban J connectivity index is 2.84. The van der Waals surface area contributed by atoms with Gasteiger partial charge in [0.15, 0.2) is 0 Å². The molecule has 0 saturated heterocycles. The fraction of sp³-hybridized carbons (Fsp3) is 0.455. The molecular formula is C11H14F3NS. The van der Waals surface area contributed by atoms with Crippen LogP contribution in [-0.4, -0.2) is 5.51 Å². The first-order chi connectivity index (χ1) is 7.33. The predicted molar refractivity (Wildman–Crippen MR) is 62.6 cm³/mol. The van der Waals surface area contributed by atoms with Crippen molar-refractivity contribution < 1.29 is 13.2 Å². The standard InChI is InChI=1S/C11H14F3NS/c1-4-10-7(2)5-9(6-8(10)3)15-16-11(12,13)14/h5-6,15H,4H2,1-3H3. The van der Waals surface area contributed by atoms with E-state index in [1.807, 2.05) is 20.8 Å². The smallest absolute Gasteiger partial charge is 0.323 e. The predicted octanol–water partition coefficient (Wildman–Crippen LogP) is 4.45. The maximum atomic E-state index is 12.0. The highest BCUT2D eigenvalue weighted by Crippen LogP contribution is 2.32. The first-order valence-electron chi connectivity index (χ1n) is 4.94. The number of aryl methyl sites for hydroxylation is 2. The quantitative estimate of drug-likeness (QED) is 0.794. The van der Waals surface area contributed by atoms with E-state index in [1.54, 1.807) is 12.1 Å². The first kappa shape index (κ1) is 13.2. The van der Waals surface area contributed by atoms with Crippen LogP contribution in [0, 0.1) is 13.8 Å². The van der Waals surface area contributed by atoms with E-state index in [2.05, 4.69) is 4.72 Å². The van der Waals surface area contributed by atoms with Crippen LogP contribution in [0.4, 0.5) is 18.9 Å². The SMILES string of the molecule is CCc1c(C)cc(NSC(F)(F)F)cc1C. The minimum absolute atomic E-state index is 0.232. The van der Waals surface area contributed by atoms with Crippen molar-refractivity contribution in [3.8, 4) is 0 Å². The number of benzene rings is 1. The van der Waals surface area contributed by atoms with Gasteiger partial charge in [0.1, 0.15) is 0 Å².